The Morgan fingerprint density at radius 3 is 2.38 bits per heavy atom. The van der Waals surface area contributed by atoms with Crippen LogP contribution in [0.1, 0.15) is 22.9 Å². The van der Waals surface area contributed by atoms with Crippen molar-refractivity contribution in [3.8, 4) is 17.2 Å². The van der Waals surface area contributed by atoms with Gasteiger partial charge in [0, 0.05) is 21.6 Å². The van der Waals surface area contributed by atoms with Gasteiger partial charge in [-0.15, -0.1) is 11.3 Å². The fourth-order valence-corrected chi connectivity index (χ4v) is 4.32. The number of hydrazone groups is 1. The van der Waals surface area contributed by atoms with Gasteiger partial charge in [-0.1, -0.05) is 18.2 Å². The summed E-state index contributed by atoms with van der Waals surface area (Å²) in [6.45, 7) is 0. The smallest absolute Gasteiger partial charge is 0.203 e. The number of thiophene rings is 1. The van der Waals surface area contributed by atoms with E-state index in [2.05, 4.69) is 40.9 Å². The molecule has 0 saturated carbocycles. The zero-order valence-corrected chi connectivity index (χ0v) is 15.7. The number of fused-ring (bicyclic) bond motifs is 1. The van der Waals surface area contributed by atoms with Gasteiger partial charge < -0.3 is 19.6 Å². The van der Waals surface area contributed by atoms with Crippen LogP contribution in [0.3, 0.4) is 0 Å². The lowest BCUT2D eigenvalue weighted by Crippen LogP contribution is -2.08. The number of benzene rings is 2. The van der Waals surface area contributed by atoms with Crippen LogP contribution in [0.15, 0.2) is 47.6 Å². The number of nitrogens with zero attached hydrogens (tertiary/aromatic N) is 1. The highest BCUT2D eigenvalue weighted by Crippen LogP contribution is 2.40. The predicted molar refractivity (Wildman–Crippen MR) is 105 cm³/mol. The van der Waals surface area contributed by atoms with E-state index in [0.717, 1.165) is 17.7 Å². The molecule has 1 N–H and O–H groups in total. The lowest BCUT2D eigenvalue weighted by atomic mass is 10.0. The van der Waals surface area contributed by atoms with Crippen molar-refractivity contribution in [1.29, 1.82) is 0 Å². The van der Waals surface area contributed by atoms with Crippen molar-refractivity contribution < 1.29 is 14.2 Å². The average molecular weight is 368 g/mol. The van der Waals surface area contributed by atoms with Crippen LogP contribution in [0.2, 0.25) is 0 Å². The van der Waals surface area contributed by atoms with Gasteiger partial charge in [-0.05, 0) is 29.7 Å². The first-order valence-electron chi connectivity index (χ1n) is 8.34. The molecule has 0 saturated heterocycles. The maximum Gasteiger partial charge on any atom is 0.203 e. The number of hydrogen-bond acceptors (Lipinski definition) is 6. The Bertz CT molecular complexity index is 922. The number of nitrogens with one attached hydrogen (secondary N) is 1. The monoisotopic (exact) mass is 368 g/mol. The summed E-state index contributed by atoms with van der Waals surface area (Å²) in [6, 6.07) is 14.7. The van der Waals surface area contributed by atoms with Gasteiger partial charge in [-0.3, -0.25) is 0 Å². The Labute approximate surface area is 156 Å². The Balaban J connectivity index is 1.62. The first-order valence-corrected chi connectivity index (χ1v) is 9.16. The van der Waals surface area contributed by atoms with E-state index in [0.29, 0.717) is 17.2 Å². The van der Waals surface area contributed by atoms with Crippen LogP contribution < -0.4 is 19.6 Å². The molecule has 1 aliphatic rings. The summed E-state index contributed by atoms with van der Waals surface area (Å²) in [6.07, 6.45) is 0.811. The second-order valence-electron chi connectivity index (χ2n) is 6.04. The third kappa shape index (κ3) is 2.86. The molecule has 1 unspecified atom stereocenters. The first-order chi connectivity index (χ1) is 12.7. The van der Waals surface area contributed by atoms with Crippen molar-refractivity contribution in [2.24, 2.45) is 5.10 Å². The maximum absolute atomic E-state index is 5.45. The number of methoxy groups -OCH3 is 3. The molecule has 0 spiro atoms. The normalized spacial score (nSPS) is 16.3. The van der Waals surface area contributed by atoms with Crippen molar-refractivity contribution in [1.82, 2.24) is 5.43 Å². The molecule has 26 heavy (non-hydrogen) atoms. The lowest BCUT2D eigenvalue weighted by Gasteiger charge is -2.14. The molecule has 134 valence electrons. The largest absolute Gasteiger partial charge is 0.493 e. The van der Waals surface area contributed by atoms with Crippen LogP contribution >= 0.6 is 11.3 Å². The van der Waals surface area contributed by atoms with Crippen LogP contribution in [0.4, 0.5) is 0 Å². The standard InChI is InChI=1S/C20H20N2O3S/c1-23-16-8-13(9-17(24-2)20(16)25-3)14-11-15(22-21-14)19-10-12-6-4-5-7-18(12)26-19/h4-10,15,22H,11H2,1-3H3. The van der Waals surface area contributed by atoms with Crippen LogP contribution in [0.25, 0.3) is 10.1 Å². The molecular formula is C20H20N2O3S. The summed E-state index contributed by atoms with van der Waals surface area (Å²) in [4.78, 5) is 1.29. The van der Waals surface area contributed by atoms with Crippen molar-refractivity contribution >= 4 is 27.1 Å². The van der Waals surface area contributed by atoms with E-state index in [1.54, 1.807) is 21.3 Å². The van der Waals surface area contributed by atoms with Gasteiger partial charge in [0.1, 0.15) is 0 Å². The number of hydrogen-bond donors (Lipinski definition) is 1. The number of ether oxygens (including phenoxy) is 3. The summed E-state index contributed by atoms with van der Waals surface area (Å²) in [5, 5.41) is 5.84. The fourth-order valence-electron chi connectivity index (χ4n) is 3.21. The first kappa shape index (κ1) is 16.7. The molecule has 6 heteroatoms. The minimum Gasteiger partial charge on any atom is -0.493 e. The van der Waals surface area contributed by atoms with Crippen molar-refractivity contribution in [2.75, 3.05) is 21.3 Å². The molecule has 0 radical (unpaired) electrons. The Hall–Kier alpha value is -2.73. The molecule has 0 fully saturated rings. The minimum absolute atomic E-state index is 0.182. The summed E-state index contributed by atoms with van der Waals surface area (Å²) >= 11 is 1.81. The lowest BCUT2D eigenvalue weighted by molar-refractivity contribution is 0.324. The molecule has 4 rings (SSSR count). The van der Waals surface area contributed by atoms with E-state index in [1.165, 1.54) is 15.0 Å². The van der Waals surface area contributed by atoms with Crippen LogP contribution in [-0.4, -0.2) is 27.0 Å². The Morgan fingerprint density at radius 1 is 1.00 bits per heavy atom. The molecule has 2 heterocycles. The molecular weight excluding hydrogens is 348 g/mol. The van der Waals surface area contributed by atoms with E-state index in [-0.39, 0.29) is 6.04 Å². The maximum atomic E-state index is 5.45. The molecule has 5 nitrogen and oxygen atoms in total. The van der Waals surface area contributed by atoms with Gasteiger partial charge in [0.15, 0.2) is 11.5 Å². The third-order valence-electron chi connectivity index (χ3n) is 4.54. The van der Waals surface area contributed by atoms with Crippen LogP contribution in [0, 0.1) is 0 Å². The summed E-state index contributed by atoms with van der Waals surface area (Å²) in [5.74, 6) is 1.86. The van der Waals surface area contributed by atoms with Crippen molar-refractivity contribution in [2.45, 2.75) is 12.5 Å². The van der Waals surface area contributed by atoms with E-state index < -0.39 is 0 Å². The van der Waals surface area contributed by atoms with Gasteiger partial charge in [-0.25, -0.2) is 0 Å². The molecule has 1 aromatic heterocycles. The predicted octanol–water partition coefficient (Wildman–Crippen LogP) is 4.37. The highest BCUT2D eigenvalue weighted by molar-refractivity contribution is 7.19. The van der Waals surface area contributed by atoms with Crippen molar-refractivity contribution in [3.63, 3.8) is 0 Å². The second kappa shape index (κ2) is 6.88. The van der Waals surface area contributed by atoms with Gasteiger partial charge in [0.2, 0.25) is 5.75 Å². The molecule has 0 aliphatic carbocycles. The minimum atomic E-state index is 0.182. The zero-order valence-electron chi connectivity index (χ0n) is 14.9. The average Bonchev–Trinajstić information content (AvgIpc) is 3.33. The Kier molecular flexibility index (Phi) is 4.42. The molecule has 3 aromatic rings. The van der Waals surface area contributed by atoms with Crippen LogP contribution in [-0.2, 0) is 0 Å². The SMILES string of the molecule is COc1cc(C2=NNC(c3cc4ccccc4s3)C2)cc(OC)c1OC. The highest BCUT2D eigenvalue weighted by Gasteiger charge is 2.25. The summed E-state index contributed by atoms with van der Waals surface area (Å²) in [5.41, 5.74) is 5.22. The van der Waals surface area contributed by atoms with Crippen molar-refractivity contribution in [3.05, 3.63) is 52.9 Å². The van der Waals surface area contributed by atoms with E-state index >= 15 is 0 Å². The number of rotatable bonds is 5. The van der Waals surface area contributed by atoms with Gasteiger partial charge in [-0.2, -0.15) is 5.10 Å². The summed E-state index contributed by atoms with van der Waals surface area (Å²) < 4.78 is 17.6. The molecule has 1 atom stereocenters. The Morgan fingerprint density at radius 2 is 1.73 bits per heavy atom. The fraction of sp³-hybridized carbons (Fsp3) is 0.250. The van der Waals surface area contributed by atoms with E-state index in [4.69, 9.17) is 14.2 Å². The highest BCUT2D eigenvalue weighted by atomic mass is 32.1. The van der Waals surface area contributed by atoms with E-state index in [9.17, 15) is 0 Å². The second-order valence-corrected chi connectivity index (χ2v) is 7.16. The molecule has 0 bridgehead atoms. The molecule has 2 aromatic carbocycles. The van der Waals surface area contributed by atoms with Gasteiger partial charge in [0.25, 0.3) is 0 Å². The van der Waals surface area contributed by atoms with Crippen LogP contribution in [0.5, 0.6) is 17.2 Å². The van der Waals surface area contributed by atoms with Gasteiger partial charge in [0.05, 0.1) is 33.1 Å². The zero-order chi connectivity index (χ0) is 18.1. The third-order valence-corrected chi connectivity index (χ3v) is 5.77. The van der Waals surface area contributed by atoms with Gasteiger partial charge >= 0.3 is 0 Å². The summed E-state index contributed by atoms with van der Waals surface area (Å²) in [7, 11) is 4.84. The van der Waals surface area contributed by atoms with E-state index in [1.807, 2.05) is 23.5 Å². The topological polar surface area (TPSA) is 52.1 Å². The molecule has 1 aliphatic heterocycles. The molecule has 0 amide bonds. The quantitative estimate of drug-likeness (QED) is 0.727.